The second kappa shape index (κ2) is 8.39. The molecule has 31 heavy (non-hydrogen) atoms. The maximum Gasteiger partial charge on any atom is 0.193 e. The predicted molar refractivity (Wildman–Crippen MR) is 124 cm³/mol. The van der Waals surface area contributed by atoms with E-state index in [4.69, 9.17) is 14.3 Å². The quantitative estimate of drug-likeness (QED) is 0.527. The lowest BCUT2D eigenvalue weighted by Crippen LogP contribution is -2.17. The van der Waals surface area contributed by atoms with Gasteiger partial charge in [0.15, 0.2) is 5.43 Å². The van der Waals surface area contributed by atoms with E-state index in [0.717, 1.165) is 16.7 Å². The number of hydrogen-bond acceptors (Lipinski definition) is 5. The number of benzene rings is 2. The molecule has 0 aliphatic heterocycles. The minimum Gasteiger partial charge on any atom is -0.507 e. The zero-order valence-corrected chi connectivity index (χ0v) is 19.2. The zero-order valence-electron chi connectivity index (χ0n) is 19.2. The summed E-state index contributed by atoms with van der Waals surface area (Å²) in [5.41, 5.74) is 2.08. The van der Waals surface area contributed by atoms with Crippen molar-refractivity contribution in [2.45, 2.75) is 58.8 Å². The molecule has 0 saturated heterocycles. The molecule has 1 heterocycles. The highest BCUT2D eigenvalue weighted by Gasteiger charge is 2.27. The fraction of sp³-hybridized carbons (Fsp3) is 0.423. The molecule has 1 aromatic heterocycles. The SMILES string of the molecule is CC(C)(C)c1cc(-c2cc(=O)c3ccc(OCCCO)cc3o2)cc(C(C)(C)C)c1O. The maximum atomic E-state index is 12.8. The van der Waals surface area contributed by atoms with Crippen LogP contribution in [0.3, 0.4) is 0 Å². The summed E-state index contributed by atoms with van der Waals surface area (Å²) in [6.45, 7) is 12.7. The van der Waals surface area contributed by atoms with E-state index in [2.05, 4.69) is 0 Å². The molecular formula is C26H32O5. The van der Waals surface area contributed by atoms with E-state index in [1.807, 2.05) is 53.7 Å². The van der Waals surface area contributed by atoms with Crippen molar-refractivity contribution in [3.8, 4) is 22.8 Å². The molecule has 0 spiro atoms. The van der Waals surface area contributed by atoms with Crippen molar-refractivity contribution in [3.05, 3.63) is 57.7 Å². The Morgan fingerprint density at radius 1 is 0.935 bits per heavy atom. The molecule has 0 fully saturated rings. The number of rotatable bonds is 5. The van der Waals surface area contributed by atoms with Gasteiger partial charge in [-0.15, -0.1) is 0 Å². The minimum absolute atomic E-state index is 0.0554. The van der Waals surface area contributed by atoms with Crippen LogP contribution in [0.15, 0.2) is 45.6 Å². The van der Waals surface area contributed by atoms with Gasteiger partial charge in [0.25, 0.3) is 0 Å². The van der Waals surface area contributed by atoms with Gasteiger partial charge < -0.3 is 19.4 Å². The molecular weight excluding hydrogens is 392 g/mol. The Morgan fingerprint density at radius 2 is 1.55 bits per heavy atom. The first-order valence-electron chi connectivity index (χ1n) is 10.6. The molecule has 5 nitrogen and oxygen atoms in total. The Kier molecular flexibility index (Phi) is 6.19. The number of aromatic hydroxyl groups is 1. The lowest BCUT2D eigenvalue weighted by molar-refractivity contribution is 0.233. The van der Waals surface area contributed by atoms with E-state index >= 15 is 0 Å². The van der Waals surface area contributed by atoms with E-state index in [-0.39, 0.29) is 28.6 Å². The Morgan fingerprint density at radius 3 is 2.10 bits per heavy atom. The molecule has 0 aliphatic carbocycles. The van der Waals surface area contributed by atoms with Crippen molar-refractivity contribution >= 4 is 11.0 Å². The second-order valence-electron chi connectivity index (χ2n) is 9.98. The number of hydrogen-bond donors (Lipinski definition) is 2. The average Bonchev–Trinajstić information content (AvgIpc) is 2.66. The van der Waals surface area contributed by atoms with Crippen LogP contribution in [-0.4, -0.2) is 23.4 Å². The van der Waals surface area contributed by atoms with E-state index in [0.29, 0.717) is 35.5 Å². The lowest BCUT2D eigenvalue weighted by atomic mass is 9.78. The highest BCUT2D eigenvalue weighted by Crippen LogP contribution is 2.42. The maximum absolute atomic E-state index is 12.8. The summed E-state index contributed by atoms with van der Waals surface area (Å²) in [4.78, 5) is 12.8. The van der Waals surface area contributed by atoms with Gasteiger partial charge in [-0.1, -0.05) is 41.5 Å². The molecule has 0 unspecified atom stereocenters. The molecule has 0 atom stereocenters. The summed E-state index contributed by atoms with van der Waals surface area (Å²) < 4.78 is 11.8. The monoisotopic (exact) mass is 424 g/mol. The van der Waals surface area contributed by atoms with Crippen LogP contribution in [0, 0.1) is 0 Å². The zero-order chi connectivity index (χ0) is 23.0. The molecule has 5 heteroatoms. The van der Waals surface area contributed by atoms with Crippen molar-refractivity contribution < 1.29 is 19.4 Å². The third kappa shape index (κ3) is 4.93. The minimum atomic E-state index is -0.287. The topological polar surface area (TPSA) is 79.9 Å². The van der Waals surface area contributed by atoms with Crippen LogP contribution in [0.25, 0.3) is 22.3 Å². The van der Waals surface area contributed by atoms with Gasteiger partial charge in [-0.05, 0) is 35.1 Å². The van der Waals surface area contributed by atoms with Gasteiger partial charge in [0.05, 0.1) is 12.0 Å². The van der Waals surface area contributed by atoms with Crippen molar-refractivity contribution in [1.29, 1.82) is 0 Å². The normalized spacial score (nSPS) is 12.4. The molecule has 0 aliphatic rings. The van der Waals surface area contributed by atoms with Gasteiger partial charge in [-0.25, -0.2) is 0 Å². The summed E-state index contributed by atoms with van der Waals surface area (Å²) in [5.74, 6) is 1.31. The summed E-state index contributed by atoms with van der Waals surface area (Å²) in [7, 11) is 0. The molecule has 2 N–H and O–H groups in total. The number of phenolic OH excluding ortho intramolecular Hbond substituents is 1. The van der Waals surface area contributed by atoms with Crippen molar-refractivity contribution in [2.24, 2.45) is 0 Å². The number of aliphatic hydroxyl groups excluding tert-OH is 1. The van der Waals surface area contributed by atoms with Crippen molar-refractivity contribution in [3.63, 3.8) is 0 Å². The van der Waals surface area contributed by atoms with E-state index in [1.165, 1.54) is 6.07 Å². The van der Waals surface area contributed by atoms with Gasteiger partial charge in [-0.2, -0.15) is 0 Å². The molecule has 0 saturated carbocycles. The Balaban J connectivity index is 2.19. The standard InChI is InChI=1S/C26H32O5/c1-25(2,3)19-12-16(13-20(24(19)29)26(4,5)6)22-15-21(28)18-9-8-17(14-23(18)31-22)30-11-7-10-27/h8-9,12-15,27,29H,7,10-11H2,1-6H3. The van der Waals surface area contributed by atoms with Crippen molar-refractivity contribution in [2.75, 3.05) is 13.2 Å². The van der Waals surface area contributed by atoms with Crippen LogP contribution in [0.2, 0.25) is 0 Å². The first kappa shape index (κ1) is 22.9. The summed E-state index contributed by atoms with van der Waals surface area (Å²) >= 11 is 0. The molecule has 3 rings (SSSR count). The summed E-state index contributed by atoms with van der Waals surface area (Å²) in [6.07, 6.45) is 0.528. The first-order valence-corrected chi connectivity index (χ1v) is 10.6. The van der Waals surface area contributed by atoms with Crippen LogP contribution >= 0.6 is 0 Å². The highest BCUT2D eigenvalue weighted by molar-refractivity contribution is 5.80. The van der Waals surface area contributed by atoms with E-state index in [9.17, 15) is 9.90 Å². The molecule has 0 bridgehead atoms. The molecule has 3 aromatic rings. The Bertz CT molecular complexity index is 1110. The van der Waals surface area contributed by atoms with Gasteiger partial charge in [0, 0.05) is 41.9 Å². The molecule has 0 amide bonds. The average molecular weight is 425 g/mol. The third-order valence-electron chi connectivity index (χ3n) is 5.28. The van der Waals surface area contributed by atoms with Crippen LogP contribution in [0.1, 0.15) is 59.1 Å². The third-order valence-corrected chi connectivity index (χ3v) is 5.28. The predicted octanol–water partition coefficient (Wildman–Crippen LogP) is 5.52. The number of fused-ring (bicyclic) bond motifs is 1. The summed E-state index contributed by atoms with van der Waals surface area (Å²) in [6, 6.07) is 10.4. The molecule has 0 radical (unpaired) electrons. The van der Waals surface area contributed by atoms with Crippen LogP contribution in [0.5, 0.6) is 11.5 Å². The van der Waals surface area contributed by atoms with Gasteiger partial charge >= 0.3 is 0 Å². The van der Waals surface area contributed by atoms with E-state index < -0.39 is 0 Å². The largest absolute Gasteiger partial charge is 0.507 e. The molecule has 166 valence electrons. The molecule has 2 aromatic carbocycles. The fourth-order valence-corrected chi connectivity index (χ4v) is 3.54. The van der Waals surface area contributed by atoms with Crippen LogP contribution < -0.4 is 10.2 Å². The summed E-state index contributed by atoms with van der Waals surface area (Å²) in [5, 5.41) is 20.4. The van der Waals surface area contributed by atoms with Crippen LogP contribution in [-0.2, 0) is 10.8 Å². The number of aliphatic hydroxyl groups is 1. The first-order chi connectivity index (χ1) is 14.4. The van der Waals surface area contributed by atoms with Gasteiger partial charge in [0.2, 0.25) is 0 Å². The van der Waals surface area contributed by atoms with Crippen LogP contribution in [0.4, 0.5) is 0 Å². The Hall–Kier alpha value is -2.79. The number of ether oxygens (including phenoxy) is 1. The van der Waals surface area contributed by atoms with E-state index in [1.54, 1.807) is 18.2 Å². The van der Waals surface area contributed by atoms with Gasteiger partial charge in [-0.3, -0.25) is 4.79 Å². The fourth-order valence-electron chi connectivity index (χ4n) is 3.54. The Labute approximate surface area is 183 Å². The van der Waals surface area contributed by atoms with Gasteiger partial charge in [0.1, 0.15) is 22.8 Å². The van der Waals surface area contributed by atoms with Crippen molar-refractivity contribution in [1.82, 2.24) is 0 Å². The highest BCUT2D eigenvalue weighted by atomic mass is 16.5. The lowest BCUT2D eigenvalue weighted by Gasteiger charge is -2.28. The second-order valence-corrected chi connectivity index (χ2v) is 9.98. The number of phenols is 1. The smallest absolute Gasteiger partial charge is 0.193 e.